The first kappa shape index (κ1) is 19.6. The van der Waals surface area contributed by atoms with Gasteiger partial charge in [0, 0.05) is 20.1 Å². The fourth-order valence-corrected chi connectivity index (χ4v) is 2.05. The molecule has 5 nitrogen and oxygen atoms in total. The fourth-order valence-electron chi connectivity index (χ4n) is 1.59. The SMILES string of the molecule is CCN(CC)CC(CC(F)(F)C(F)(F)S(=O)(=O)O)OC. The lowest BCUT2D eigenvalue weighted by Gasteiger charge is -2.29. The van der Waals surface area contributed by atoms with E-state index in [1.807, 2.05) is 0 Å². The van der Waals surface area contributed by atoms with Gasteiger partial charge in [-0.3, -0.25) is 4.55 Å². The van der Waals surface area contributed by atoms with Gasteiger partial charge in [0.05, 0.1) is 6.10 Å². The molecule has 0 aromatic carbocycles. The zero-order chi connectivity index (χ0) is 16.2. The Kier molecular flexibility index (Phi) is 6.85. The molecule has 0 aromatic heterocycles. The van der Waals surface area contributed by atoms with Crippen LogP contribution >= 0.6 is 0 Å². The van der Waals surface area contributed by atoms with E-state index in [2.05, 4.69) is 0 Å². The van der Waals surface area contributed by atoms with Crippen LogP contribution in [0.25, 0.3) is 0 Å². The molecule has 1 N–H and O–H groups in total. The molecule has 0 amide bonds. The first-order valence-electron chi connectivity index (χ1n) is 5.90. The van der Waals surface area contributed by atoms with Crippen LogP contribution < -0.4 is 0 Å². The predicted molar refractivity (Wildman–Crippen MR) is 64.6 cm³/mol. The molecule has 0 aliphatic rings. The molecule has 0 saturated carbocycles. The molecular weight excluding hydrogens is 306 g/mol. The van der Waals surface area contributed by atoms with Crippen molar-refractivity contribution in [3.8, 4) is 0 Å². The summed E-state index contributed by atoms with van der Waals surface area (Å²) in [5.41, 5.74) is 0. The quantitative estimate of drug-likeness (QED) is 0.518. The Morgan fingerprint density at radius 2 is 1.65 bits per heavy atom. The highest BCUT2D eigenvalue weighted by Gasteiger charge is 2.65. The van der Waals surface area contributed by atoms with Crippen LogP contribution in [0.4, 0.5) is 17.6 Å². The largest absolute Gasteiger partial charge is 0.431 e. The molecule has 0 aliphatic heterocycles. The summed E-state index contributed by atoms with van der Waals surface area (Å²) in [7, 11) is -5.14. The number of methoxy groups -OCH3 is 1. The fraction of sp³-hybridized carbons (Fsp3) is 1.00. The average Bonchev–Trinajstić information content (AvgIpc) is 2.32. The third kappa shape index (κ3) is 4.54. The zero-order valence-electron chi connectivity index (χ0n) is 11.4. The zero-order valence-corrected chi connectivity index (χ0v) is 12.3. The van der Waals surface area contributed by atoms with Crippen LogP contribution in [0.1, 0.15) is 20.3 Å². The van der Waals surface area contributed by atoms with Gasteiger partial charge in [-0.1, -0.05) is 13.8 Å². The highest BCUT2D eigenvalue weighted by atomic mass is 32.2. The van der Waals surface area contributed by atoms with E-state index >= 15 is 0 Å². The molecule has 0 heterocycles. The van der Waals surface area contributed by atoms with Gasteiger partial charge in [-0.05, 0) is 13.1 Å². The second-order valence-corrected chi connectivity index (χ2v) is 5.71. The molecule has 0 fully saturated rings. The molecular formula is C10H19F4NO4S. The molecule has 122 valence electrons. The van der Waals surface area contributed by atoms with Crippen molar-refractivity contribution in [2.24, 2.45) is 0 Å². The van der Waals surface area contributed by atoms with Crippen molar-refractivity contribution in [2.45, 2.75) is 37.5 Å². The van der Waals surface area contributed by atoms with Crippen LogP contribution in [0.5, 0.6) is 0 Å². The molecule has 10 heteroatoms. The Morgan fingerprint density at radius 1 is 1.20 bits per heavy atom. The molecule has 0 aliphatic carbocycles. The lowest BCUT2D eigenvalue weighted by atomic mass is 10.1. The van der Waals surface area contributed by atoms with Crippen molar-refractivity contribution < 1.29 is 35.3 Å². The minimum absolute atomic E-state index is 0.0549. The van der Waals surface area contributed by atoms with E-state index in [9.17, 15) is 26.0 Å². The lowest BCUT2D eigenvalue weighted by molar-refractivity contribution is -0.180. The van der Waals surface area contributed by atoms with E-state index in [4.69, 9.17) is 9.29 Å². The maximum absolute atomic E-state index is 13.4. The van der Waals surface area contributed by atoms with E-state index < -0.39 is 33.8 Å². The number of ether oxygens (including phenoxy) is 1. The standard InChI is InChI=1S/C10H19F4NO4S/c1-4-15(5-2)7-8(19-3)6-9(11,12)10(13,14)20(16,17)18/h8H,4-7H2,1-3H3,(H,16,17,18). The van der Waals surface area contributed by atoms with Gasteiger partial charge in [-0.15, -0.1) is 0 Å². The normalized spacial score (nSPS) is 15.7. The summed E-state index contributed by atoms with van der Waals surface area (Å²) in [6.07, 6.45) is -2.82. The van der Waals surface area contributed by atoms with Crippen molar-refractivity contribution in [1.82, 2.24) is 4.90 Å². The molecule has 0 spiro atoms. The number of likely N-dealkylation sites (N-methyl/N-ethyl adjacent to an activating group) is 1. The predicted octanol–water partition coefficient (Wildman–Crippen LogP) is 1.85. The van der Waals surface area contributed by atoms with Gasteiger partial charge in [0.2, 0.25) is 0 Å². The molecule has 0 rings (SSSR count). The monoisotopic (exact) mass is 325 g/mol. The Bertz CT molecular complexity index is 398. The summed E-state index contributed by atoms with van der Waals surface area (Å²) in [5.74, 6) is -4.94. The van der Waals surface area contributed by atoms with E-state index in [1.54, 1.807) is 18.7 Å². The van der Waals surface area contributed by atoms with Gasteiger partial charge >= 0.3 is 21.3 Å². The number of hydrogen-bond acceptors (Lipinski definition) is 4. The van der Waals surface area contributed by atoms with Crippen molar-refractivity contribution in [3.05, 3.63) is 0 Å². The number of nitrogens with zero attached hydrogens (tertiary/aromatic N) is 1. The van der Waals surface area contributed by atoms with Gasteiger partial charge in [0.15, 0.2) is 0 Å². The second-order valence-electron chi connectivity index (χ2n) is 4.24. The summed E-state index contributed by atoms with van der Waals surface area (Å²) in [6, 6.07) is 0. The highest BCUT2D eigenvalue weighted by Crippen LogP contribution is 2.41. The van der Waals surface area contributed by atoms with E-state index in [0.717, 1.165) is 7.11 Å². The number of halogens is 4. The van der Waals surface area contributed by atoms with Gasteiger partial charge < -0.3 is 9.64 Å². The number of alkyl halides is 4. The van der Waals surface area contributed by atoms with Crippen LogP contribution in [-0.4, -0.2) is 61.9 Å². The van der Waals surface area contributed by atoms with Crippen LogP contribution in [-0.2, 0) is 14.9 Å². The molecule has 0 saturated heterocycles. The highest BCUT2D eigenvalue weighted by molar-refractivity contribution is 7.87. The lowest BCUT2D eigenvalue weighted by Crippen LogP contribution is -2.50. The topological polar surface area (TPSA) is 66.8 Å². The van der Waals surface area contributed by atoms with Gasteiger partial charge in [0.25, 0.3) is 0 Å². The van der Waals surface area contributed by atoms with Crippen molar-refractivity contribution >= 4 is 10.1 Å². The Morgan fingerprint density at radius 3 is 1.95 bits per heavy atom. The second kappa shape index (κ2) is 7.01. The van der Waals surface area contributed by atoms with E-state index in [0.29, 0.717) is 13.1 Å². The summed E-state index contributed by atoms with van der Waals surface area (Å²) < 4.78 is 86.6. The maximum Gasteiger partial charge on any atom is 0.431 e. The number of rotatable bonds is 9. The van der Waals surface area contributed by atoms with Crippen molar-refractivity contribution in [2.75, 3.05) is 26.7 Å². The Labute approximate surface area is 115 Å². The van der Waals surface area contributed by atoms with Gasteiger partial charge in [-0.25, -0.2) is 0 Å². The van der Waals surface area contributed by atoms with E-state index in [-0.39, 0.29) is 6.54 Å². The summed E-state index contributed by atoms with van der Waals surface area (Å²) in [6.45, 7) is 4.44. The Hall–Kier alpha value is -0.450. The molecule has 20 heavy (non-hydrogen) atoms. The third-order valence-corrected chi connectivity index (χ3v) is 3.87. The summed E-state index contributed by atoms with van der Waals surface area (Å²) >= 11 is 0. The van der Waals surface area contributed by atoms with Crippen LogP contribution in [0.15, 0.2) is 0 Å². The van der Waals surface area contributed by atoms with Crippen LogP contribution in [0, 0.1) is 0 Å². The first-order valence-corrected chi connectivity index (χ1v) is 7.34. The van der Waals surface area contributed by atoms with Gasteiger partial charge in [-0.2, -0.15) is 26.0 Å². The molecule has 0 aromatic rings. The maximum atomic E-state index is 13.4. The van der Waals surface area contributed by atoms with Crippen molar-refractivity contribution in [3.63, 3.8) is 0 Å². The summed E-state index contributed by atoms with van der Waals surface area (Å²) in [4.78, 5) is 1.66. The Balaban J connectivity index is 5.05. The van der Waals surface area contributed by atoms with Crippen LogP contribution in [0.2, 0.25) is 0 Å². The summed E-state index contributed by atoms with van der Waals surface area (Å²) in [5, 5.41) is -5.56. The smallest absolute Gasteiger partial charge is 0.380 e. The minimum atomic E-state index is -6.21. The van der Waals surface area contributed by atoms with Crippen molar-refractivity contribution in [1.29, 1.82) is 0 Å². The first-order chi connectivity index (χ1) is 8.92. The van der Waals surface area contributed by atoms with Gasteiger partial charge in [0.1, 0.15) is 0 Å². The average molecular weight is 325 g/mol. The molecule has 0 bridgehead atoms. The number of hydrogen-bond donors (Lipinski definition) is 1. The molecule has 1 unspecified atom stereocenters. The van der Waals surface area contributed by atoms with E-state index in [1.165, 1.54) is 0 Å². The third-order valence-electron chi connectivity index (χ3n) is 2.92. The van der Waals surface area contributed by atoms with Crippen LogP contribution in [0.3, 0.4) is 0 Å². The molecule has 1 atom stereocenters. The molecule has 0 radical (unpaired) electrons. The minimum Gasteiger partial charge on any atom is -0.380 e.